The molecule has 0 saturated heterocycles. The van der Waals surface area contributed by atoms with Gasteiger partial charge in [-0.2, -0.15) is 0 Å². The van der Waals surface area contributed by atoms with Crippen LogP contribution in [-0.4, -0.2) is 48.8 Å². The van der Waals surface area contributed by atoms with Crippen LogP contribution in [0, 0.1) is 18.3 Å². The summed E-state index contributed by atoms with van der Waals surface area (Å²) in [5, 5.41) is 0. The van der Waals surface area contributed by atoms with E-state index in [2.05, 4.69) is 18.8 Å². The summed E-state index contributed by atoms with van der Waals surface area (Å²) in [4.78, 5) is 35.5. The standard InChI is InChI=1S/C23H31N3O4/c1-5-30-22(28)21-17(13-29-9-7-24)26-16-10-23(3,4)11-18(27)20(16)19(21)15-12-25-8-6-14(15)2/h6,8,12,19-20H,5,7,9-11,13,24H2,1-4H3. The minimum Gasteiger partial charge on any atom is -0.463 e. The minimum atomic E-state index is -0.487. The van der Waals surface area contributed by atoms with Crippen molar-refractivity contribution in [3.63, 3.8) is 0 Å². The Morgan fingerprint density at radius 1 is 1.30 bits per heavy atom. The fourth-order valence-electron chi connectivity index (χ4n) is 4.45. The van der Waals surface area contributed by atoms with Gasteiger partial charge in [0.1, 0.15) is 5.78 Å². The summed E-state index contributed by atoms with van der Waals surface area (Å²) >= 11 is 0. The van der Waals surface area contributed by atoms with Crippen LogP contribution in [0.25, 0.3) is 0 Å². The second-order valence-electron chi connectivity index (χ2n) is 8.70. The van der Waals surface area contributed by atoms with E-state index >= 15 is 0 Å². The molecule has 1 aliphatic carbocycles. The average molecular weight is 414 g/mol. The van der Waals surface area contributed by atoms with Gasteiger partial charge >= 0.3 is 5.97 Å². The number of hydrogen-bond acceptors (Lipinski definition) is 7. The monoisotopic (exact) mass is 413 g/mol. The Bertz CT molecular complexity index is 888. The minimum absolute atomic E-state index is 0.0991. The molecule has 0 bridgehead atoms. The smallest absolute Gasteiger partial charge is 0.336 e. The molecule has 2 atom stereocenters. The van der Waals surface area contributed by atoms with E-state index < -0.39 is 17.8 Å². The Hall–Kier alpha value is -2.38. The molecule has 7 nitrogen and oxygen atoms in total. The largest absolute Gasteiger partial charge is 0.463 e. The van der Waals surface area contributed by atoms with Gasteiger partial charge in [-0.05, 0) is 42.9 Å². The molecule has 0 radical (unpaired) electrons. The zero-order chi connectivity index (χ0) is 21.9. The molecule has 2 unspecified atom stereocenters. The summed E-state index contributed by atoms with van der Waals surface area (Å²) in [6.45, 7) is 8.98. The fourth-order valence-corrected chi connectivity index (χ4v) is 4.45. The summed E-state index contributed by atoms with van der Waals surface area (Å²) in [6.07, 6.45) is 4.59. The first-order chi connectivity index (χ1) is 14.3. The molecule has 2 aliphatic rings. The molecular weight excluding hydrogens is 382 g/mol. The molecular formula is C23H31N3O4. The number of nitrogens with zero attached hydrogens (tertiary/aromatic N) is 2. The van der Waals surface area contributed by atoms with E-state index in [0.29, 0.717) is 37.3 Å². The van der Waals surface area contributed by atoms with E-state index in [1.807, 2.05) is 13.0 Å². The topological polar surface area (TPSA) is 104 Å². The Morgan fingerprint density at radius 2 is 2.07 bits per heavy atom. The zero-order valence-corrected chi connectivity index (χ0v) is 18.2. The van der Waals surface area contributed by atoms with Crippen molar-refractivity contribution in [1.82, 2.24) is 4.98 Å². The van der Waals surface area contributed by atoms with Crippen molar-refractivity contribution in [3.8, 4) is 0 Å². The number of ketones is 1. The number of Topliss-reactive ketones (excluding diaryl/α,β-unsaturated/α-hetero) is 1. The van der Waals surface area contributed by atoms with Crippen LogP contribution in [-0.2, 0) is 19.1 Å². The van der Waals surface area contributed by atoms with Crippen LogP contribution in [0.15, 0.2) is 34.7 Å². The number of aliphatic imine (C=N–C) groups is 1. The van der Waals surface area contributed by atoms with Gasteiger partial charge in [-0.3, -0.25) is 14.8 Å². The van der Waals surface area contributed by atoms with Crippen molar-refractivity contribution in [2.24, 2.45) is 22.1 Å². The molecule has 3 rings (SSSR count). The number of rotatable bonds is 7. The molecule has 7 heteroatoms. The quantitative estimate of drug-likeness (QED) is 0.544. The van der Waals surface area contributed by atoms with E-state index in [1.165, 1.54) is 0 Å². The second-order valence-corrected chi connectivity index (χ2v) is 8.70. The predicted octanol–water partition coefficient (Wildman–Crippen LogP) is 2.73. The van der Waals surface area contributed by atoms with Gasteiger partial charge in [-0.15, -0.1) is 0 Å². The zero-order valence-electron chi connectivity index (χ0n) is 18.2. The van der Waals surface area contributed by atoms with Crippen molar-refractivity contribution in [3.05, 3.63) is 40.9 Å². The van der Waals surface area contributed by atoms with Gasteiger partial charge < -0.3 is 15.2 Å². The van der Waals surface area contributed by atoms with Crippen LogP contribution in [0.2, 0.25) is 0 Å². The van der Waals surface area contributed by atoms with E-state index in [9.17, 15) is 9.59 Å². The van der Waals surface area contributed by atoms with Crippen molar-refractivity contribution >= 4 is 17.5 Å². The van der Waals surface area contributed by atoms with Gasteiger partial charge in [-0.25, -0.2) is 4.79 Å². The number of aromatic nitrogens is 1. The lowest BCUT2D eigenvalue weighted by Crippen LogP contribution is -2.44. The third-order valence-corrected chi connectivity index (χ3v) is 5.66. The maximum atomic E-state index is 13.3. The molecule has 0 amide bonds. The molecule has 2 heterocycles. The van der Waals surface area contributed by atoms with Crippen molar-refractivity contribution in [2.75, 3.05) is 26.4 Å². The first-order valence-corrected chi connectivity index (χ1v) is 10.5. The summed E-state index contributed by atoms with van der Waals surface area (Å²) in [5.41, 5.74) is 8.93. The molecule has 1 aromatic rings. The van der Waals surface area contributed by atoms with E-state index in [-0.39, 0.29) is 24.4 Å². The number of aryl methyl sites for hydroxylation is 1. The van der Waals surface area contributed by atoms with Crippen LogP contribution < -0.4 is 5.73 Å². The van der Waals surface area contributed by atoms with Gasteiger partial charge in [0, 0.05) is 37.0 Å². The van der Waals surface area contributed by atoms with Crippen LogP contribution in [0.4, 0.5) is 0 Å². The third-order valence-electron chi connectivity index (χ3n) is 5.66. The lowest BCUT2D eigenvalue weighted by molar-refractivity contribution is -0.139. The number of pyridine rings is 1. The van der Waals surface area contributed by atoms with E-state index in [1.54, 1.807) is 19.3 Å². The van der Waals surface area contributed by atoms with E-state index in [4.69, 9.17) is 20.2 Å². The molecule has 162 valence electrons. The fraction of sp³-hybridized carbons (Fsp3) is 0.565. The van der Waals surface area contributed by atoms with Gasteiger partial charge in [-0.1, -0.05) is 13.8 Å². The van der Waals surface area contributed by atoms with Crippen LogP contribution in [0.1, 0.15) is 50.7 Å². The molecule has 30 heavy (non-hydrogen) atoms. The van der Waals surface area contributed by atoms with Crippen molar-refractivity contribution in [1.29, 1.82) is 0 Å². The number of esters is 1. The summed E-state index contributed by atoms with van der Waals surface area (Å²) in [6, 6.07) is 1.89. The van der Waals surface area contributed by atoms with E-state index in [0.717, 1.165) is 16.8 Å². The van der Waals surface area contributed by atoms with Crippen molar-refractivity contribution < 1.29 is 19.1 Å². The van der Waals surface area contributed by atoms with Crippen LogP contribution in [0.5, 0.6) is 0 Å². The molecule has 1 aliphatic heterocycles. The Morgan fingerprint density at radius 3 is 2.73 bits per heavy atom. The number of nitrogens with two attached hydrogens (primary N) is 1. The van der Waals surface area contributed by atoms with Gasteiger partial charge in [0.05, 0.1) is 37.0 Å². The van der Waals surface area contributed by atoms with Gasteiger partial charge in [0.2, 0.25) is 0 Å². The SMILES string of the molecule is CCOC(=O)C1=C(COCCN)N=C2CC(C)(C)CC(=O)C2C1c1cnccc1C. The van der Waals surface area contributed by atoms with Crippen LogP contribution in [0.3, 0.4) is 0 Å². The maximum absolute atomic E-state index is 13.3. The number of carbonyl (C=O) groups is 2. The first-order valence-electron chi connectivity index (χ1n) is 10.5. The average Bonchev–Trinajstić information content (AvgIpc) is 2.66. The molecule has 1 saturated carbocycles. The summed E-state index contributed by atoms with van der Waals surface area (Å²) < 4.78 is 11.0. The number of fused-ring (bicyclic) bond motifs is 1. The maximum Gasteiger partial charge on any atom is 0.336 e. The lowest BCUT2D eigenvalue weighted by atomic mass is 9.63. The van der Waals surface area contributed by atoms with Crippen molar-refractivity contribution in [2.45, 2.75) is 46.5 Å². The Labute approximate surface area is 177 Å². The normalized spacial score (nSPS) is 23.1. The molecule has 1 aromatic heterocycles. The van der Waals surface area contributed by atoms with Gasteiger partial charge in [0.25, 0.3) is 0 Å². The highest BCUT2D eigenvalue weighted by molar-refractivity contribution is 6.12. The Balaban J connectivity index is 2.20. The lowest BCUT2D eigenvalue weighted by Gasteiger charge is -2.41. The number of carbonyl (C=O) groups excluding carboxylic acids is 2. The molecule has 1 fully saturated rings. The highest BCUT2D eigenvalue weighted by atomic mass is 16.5. The number of hydrogen-bond donors (Lipinski definition) is 1. The predicted molar refractivity (Wildman–Crippen MR) is 114 cm³/mol. The molecule has 0 spiro atoms. The van der Waals surface area contributed by atoms with Crippen LogP contribution >= 0.6 is 0 Å². The Kier molecular flexibility index (Phi) is 6.83. The highest BCUT2D eigenvalue weighted by Gasteiger charge is 2.48. The summed E-state index contributed by atoms with van der Waals surface area (Å²) in [5.74, 6) is -1.33. The molecule has 2 N–H and O–H groups in total. The number of ether oxygens (including phenoxy) is 2. The highest BCUT2D eigenvalue weighted by Crippen LogP contribution is 2.47. The van der Waals surface area contributed by atoms with Gasteiger partial charge in [0.15, 0.2) is 0 Å². The second kappa shape index (κ2) is 9.18. The first kappa shape index (κ1) is 22.3. The molecule has 0 aromatic carbocycles. The summed E-state index contributed by atoms with van der Waals surface area (Å²) in [7, 11) is 0. The third kappa shape index (κ3) is 4.52.